The van der Waals surface area contributed by atoms with Crippen LogP contribution in [0.25, 0.3) is 0 Å². The van der Waals surface area contributed by atoms with Crippen LogP contribution < -0.4 is 10.0 Å². The Kier molecular flexibility index (Phi) is 6.34. The average molecular weight is 347 g/mol. The summed E-state index contributed by atoms with van der Waals surface area (Å²) in [6, 6.07) is 11.9. The summed E-state index contributed by atoms with van der Waals surface area (Å²) >= 11 is 0. The summed E-state index contributed by atoms with van der Waals surface area (Å²) in [5, 5.41) is 3.61. The van der Waals surface area contributed by atoms with Crippen molar-refractivity contribution < 1.29 is 8.42 Å². The van der Waals surface area contributed by atoms with Crippen LogP contribution in [0.15, 0.2) is 48.8 Å². The fraction of sp³-hybridized carbons (Fsp3) is 0.389. The van der Waals surface area contributed by atoms with Gasteiger partial charge in [0, 0.05) is 30.2 Å². The topological polar surface area (TPSA) is 71.1 Å². The van der Waals surface area contributed by atoms with E-state index in [0.717, 1.165) is 12.0 Å². The minimum atomic E-state index is -3.24. The first-order chi connectivity index (χ1) is 11.4. The second kappa shape index (κ2) is 8.26. The molecule has 0 spiro atoms. The van der Waals surface area contributed by atoms with Crippen molar-refractivity contribution in [2.45, 2.75) is 39.3 Å². The van der Waals surface area contributed by atoms with Crippen LogP contribution in [-0.4, -0.2) is 19.2 Å². The molecule has 0 saturated heterocycles. The maximum absolute atomic E-state index is 11.6. The first-order valence-electron chi connectivity index (χ1n) is 8.21. The summed E-state index contributed by atoms with van der Waals surface area (Å²) in [4.78, 5) is 4.06. The van der Waals surface area contributed by atoms with E-state index in [1.807, 2.05) is 24.3 Å². The van der Waals surface area contributed by atoms with E-state index in [1.165, 1.54) is 5.56 Å². The van der Waals surface area contributed by atoms with Gasteiger partial charge in [-0.05, 0) is 55.7 Å². The van der Waals surface area contributed by atoms with E-state index in [9.17, 15) is 8.42 Å². The van der Waals surface area contributed by atoms with E-state index >= 15 is 0 Å². The molecule has 24 heavy (non-hydrogen) atoms. The van der Waals surface area contributed by atoms with Gasteiger partial charge in [0.05, 0.1) is 5.75 Å². The Balaban J connectivity index is 2.05. The molecule has 0 bridgehead atoms. The summed E-state index contributed by atoms with van der Waals surface area (Å²) < 4.78 is 25.8. The van der Waals surface area contributed by atoms with E-state index in [4.69, 9.17) is 0 Å². The zero-order chi connectivity index (χ0) is 17.6. The fourth-order valence-corrected chi connectivity index (χ4v) is 3.17. The number of nitrogens with zero attached hydrogens (tertiary/aromatic N) is 1. The number of hydrogen-bond donors (Lipinski definition) is 2. The summed E-state index contributed by atoms with van der Waals surface area (Å²) in [7, 11) is -3.24. The van der Waals surface area contributed by atoms with Crippen molar-refractivity contribution in [1.29, 1.82) is 0 Å². The van der Waals surface area contributed by atoms with Gasteiger partial charge in [0.2, 0.25) is 10.0 Å². The molecule has 0 radical (unpaired) electrons. The van der Waals surface area contributed by atoms with Crippen molar-refractivity contribution in [3.05, 3.63) is 59.9 Å². The molecule has 0 aliphatic heterocycles. The molecule has 0 fully saturated rings. The molecule has 0 saturated carbocycles. The number of hydrogen-bond acceptors (Lipinski definition) is 4. The highest BCUT2D eigenvalue weighted by Gasteiger charge is 2.14. The molecule has 0 amide bonds. The normalized spacial score (nSPS) is 14.1. The number of sulfonamides is 1. The maximum Gasteiger partial charge on any atom is 0.232 e. The van der Waals surface area contributed by atoms with Crippen LogP contribution in [0, 0.1) is 0 Å². The Bertz CT molecular complexity index is 731. The highest BCUT2D eigenvalue weighted by Crippen LogP contribution is 2.23. The second-order valence-corrected chi connectivity index (χ2v) is 7.77. The van der Waals surface area contributed by atoms with E-state index < -0.39 is 10.0 Å². The van der Waals surface area contributed by atoms with Crippen molar-refractivity contribution in [1.82, 2.24) is 10.3 Å². The Hall–Kier alpha value is -1.92. The lowest BCUT2D eigenvalue weighted by Crippen LogP contribution is -2.24. The first kappa shape index (κ1) is 18.4. The van der Waals surface area contributed by atoms with E-state index in [2.05, 4.69) is 28.9 Å². The largest absolute Gasteiger partial charge is 0.303 e. The zero-order valence-corrected chi connectivity index (χ0v) is 15.2. The molecule has 6 heteroatoms. The third-order valence-corrected chi connectivity index (χ3v) is 5.34. The van der Waals surface area contributed by atoms with Crippen molar-refractivity contribution in [3.63, 3.8) is 0 Å². The molecule has 0 aliphatic carbocycles. The van der Waals surface area contributed by atoms with Crippen LogP contribution in [0.5, 0.6) is 0 Å². The lowest BCUT2D eigenvalue weighted by atomic mass is 10.0. The maximum atomic E-state index is 11.6. The predicted octanol–water partition coefficient (Wildman–Crippen LogP) is 3.65. The van der Waals surface area contributed by atoms with Crippen LogP contribution in [0.3, 0.4) is 0 Å². The minimum absolute atomic E-state index is 0.0663. The van der Waals surface area contributed by atoms with Gasteiger partial charge in [-0.3, -0.25) is 9.71 Å². The second-order valence-electron chi connectivity index (χ2n) is 5.76. The highest BCUT2D eigenvalue weighted by molar-refractivity contribution is 7.92. The van der Waals surface area contributed by atoms with Gasteiger partial charge in [-0.1, -0.05) is 19.1 Å². The Labute approximate surface area is 144 Å². The lowest BCUT2D eigenvalue weighted by Gasteiger charge is -2.23. The molecule has 1 heterocycles. The Morgan fingerprint density at radius 3 is 2.17 bits per heavy atom. The number of anilines is 1. The fourth-order valence-electron chi connectivity index (χ4n) is 2.54. The number of rotatable bonds is 8. The van der Waals surface area contributed by atoms with E-state index in [-0.39, 0.29) is 17.8 Å². The summed E-state index contributed by atoms with van der Waals surface area (Å²) in [5.74, 6) is 0.0663. The molecular weight excluding hydrogens is 322 g/mol. The standard InChI is InChI=1S/C18H25N3O2S/c1-4-18(16-10-12-19-13-11-16)20-14(3)15-6-8-17(9-7-15)21-24(22,23)5-2/h6-14,18,20-21H,4-5H2,1-3H3/t14-,18-/m0/s1. The van der Waals surface area contributed by atoms with Gasteiger partial charge in [-0.25, -0.2) is 8.42 Å². The van der Waals surface area contributed by atoms with Crippen LogP contribution >= 0.6 is 0 Å². The van der Waals surface area contributed by atoms with E-state index in [1.54, 1.807) is 31.5 Å². The third-order valence-electron chi connectivity index (χ3n) is 4.03. The Morgan fingerprint density at radius 1 is 1.00 bits per heavy atom. The van der Waals surface area contributed by atoms with Gasteiger partial charge in [0.1, 0.15) is 0 Å². The molecule has 0 unspecified atom stereocenters. The van der Waals surface area contributed by atoms with Gasteiger partial charge < -0.3 is 5.32 Å². The highest BCUT2D eigenvalue weighted by atomic mass is 32.2. The van der Waals surface area contributed by atoms with Crippen molar-refractivity contribution in [2.24, 2.45) is 0 Å². The number of benzene rings is 1. The molecule has 130 valence electrons. The minimum Gasteiger partial charge on any atom is -0.303 e. The molecule has 1 aromatic heterocycles. The Morgan fingerprint density at radius 2 is 1.62 bits per heavy atom. The van der Waals surface area contributed by atoms with Crippen molar-refractivity contribution >= 4 is 15.7 Å². The molecule has 2 atom stereocenters. The van der Waals surface area contributed by atoms with Gasteiger partial charge >= 0.3 is 0 Å². The van der Waals surface area contributed by atoms with Crippen LogP contribution in [-0.2, 0) is 10.0 Å². The molecule has 2 rings (SSSR count). The zero-order valence-electron chi connectivity index (χ0n) is 14.4. The number of pyridine rings is 1. The third kappa shape index (κ3) is 5.04. The predicted molar refractivity (Wildman–Crippen MR) is 98.3 cm³/mol. The van der Waals surface area contributed by atoms with Crippen LogP contribution in [0.2, 0.25) is 0 Å². The van der Waals surface area contributed by atoms with E-state index in [0.29, 0.717) is 5.69 Å². The average Bonchev–Trinajstić information content (AvgIpc) is 2.60. The quantitative estimate of drug-likeness (QED) is 0.765. The molecule has 2 aromatic rings. The van der Waals surface area contributed by atoms with Gasteiger partial charge in [-0.15, -0.1) is 0 Å². The monoisotopic (exact) mass is 347 g/mol. The van der Waals surface area contributed by atoms with Gasteiger partial charge in [0.25, 0.3) is 0 Å². The molecule has 0 aliphatic rings. The van der Waals surface area contributed by atoms with Crippen molar-refractivity contribution in [2.75, 3.05) is 10.5 Å². The lowest BCUT2D eigenvalue weighted by molar-refractivity contribution is 0.456. The van der Waals surface area contributed by atoms with Gasteiger partial charge in [0.15, 0.2) is 0 Å². The first-order valence-corrected chi connectivity index (χ1v) is 9.86. The number of nitrogens with one attached hydrogen (secondary N) is 2. The summed E-state index contributed by atoms with van der Waals surface area (Å²) in [6.07, 6.45) is 4.58. The molecular formula is C18H25N3O2S. The molecule has 5 nitrogen and oxygen atoms in total. The summed E-state index contributed by atoms with van der Waals surface area (Å²) in [6.45, 7) is 5.87. The SMILES string of the molecule is CC[C@H](N[C@@H](C)c1ccc(NS(=O)(=O)CC)cc1)c1ccncc1. The molecule has 1 aromatic carbocycles. The number of aromatic nitrogens is 1. The van der Waals surface area contributed by atoms with Crippen molar-refractivity contribution in [3.8, 4) is 0 Å². The molecule has 2 N–H and O–H groups in total. The smallest absolute Gasteiger partial charge is 0.232 e. The van der Waals surface area contributed by atoms with Crippen LogP contribution in [0.1, 0.15) is 50.4 Å². The van der Waals surface area contributed by atoms with Gasteiger partial charge in [-0.2, -0.15) is 0 Å². The van der Waals surface area contributed by atoms with Crippen LogP contribution in [0.4, 0.5) is 5.69 Å². The summed E-state index contributed by atoms with van der Waals surface area (Å²) in [5.41, 5.74) is 2.92.